The Hall–Kier alpha value is -1.18. The molecule has 2 heteroatoms. The van der Waals surface area contributed by atoms with Gasteiger partial charge >= 0.3 is 0 Å². The Kier molecular flexibility index (Phi) is 9.58. The van der Waals surface area contributed by atoms with E-state index in [1.165, 1.54) is 6.08 Å². The highest BCUT2D eigenvalue weighted by Crippen LogP contribution is 2.03. The molecule has 0 aliphatic carbocycles. The lowest BCUT2D eigenvalue weighted by Crippen LogP contribution is -2.10. The number of carbonyl (C=O) groups is 2. The molecule has 2 nitrogen and oxygen atoms in total. The van der Waals surface area contributed by atoms with Crippen LogP contribution in [0.4, 0.5) is 0 Å². The molecule has 0 aromatic rings. The van der Waals surface area contributed by atoms with Gasteiger partial charge in [-0.2, -0.15) is 0 Å². The quantitative estimate of drug-likeness (QED) is 0.197. The standard InChI is InChI=1S/C14H22O2/c1-3-5-7-9-10-13(12-15)14(16)11-8-6-4-2/h8-13H,3-7H2,1-2H3. The molecular formula is C14H22O2. The van der Waals surface area contributed by atoms with Crippen LogP contribution in [0.5, 0.6) is 0 Å². The van der Waals surface area contributed by atoms with Gasteiger partial charge < -0.3 is 4.79 Å². The summed E-state index contributed by atoms with van der Waals surface area (Å²) < 4.78 is 0. The molecule has 1 unspecified atom stereocenters. The van der Waals surface area contributed by atoms with Crippen LogP contribution in [0.25, 0.3) is 0 Å². The smallest absolute Gasteiger partial charge is 0.169 e. The van der Waals surface area contributed by atoms with Gasteiger partial charge in [0.15, 0.2) is 5.78 Å². The maximum Gasteiger partial charge on any atom is 0.169 e. The summed E-state index contributed by atoms with van der Waals surface area (Å²) in [5.74, 6) is -0.707. The highest BCUT2D eigenvalue weighted by molar-refractivity contribution is 6.02. The molecule has 0 aromatic heterocycles. The molecule has 0 radical (unpaired) electrons. The summed E-state index contributed by atoms with van der Waals surface area (Å²) in [7, 11) is 0. The van der Waals surface area contributed by atoms with Crippen molar-refractivity contribution in [3.05, 3.63) is 24.3 Å². The molecule has 0 fully saturated rings. The summed E-state index contributed by atoms with van der Waals surface area (Å²) in [5, 5.41) is 0. The highest BCUT2D eigenvalue weighted by Gasteiger charge is 2.09. The summed E-state index contributed by atoms with van der Waals surface area (Å²) in [6.45, 7) is 4.17. The van der Waals surface area contributed by atoms with Crippen molar-refractivity contribution >= 4 is 12.1 Å². The second-order valence-electron chi connectivity index (χ2n) is 3.83. The molecule has 0 amide bonds. The van der Waals surface area contributed by atoms with Crippen molar-refractivity contribution in [1.29, 1.82) is 0 Å². The zero-order chi connectivity index (χ0) is 12.2. The average molecular weight is 222 g/mol. The lowest BCUT2D eigenvalue weighted by molar-refractivity contribution is -0.122. The normalized spacial score (nSPS) is 13.4. The molecule has 0 heterocycles. The molecule has 0 saturated heterocycles. The number of unbranched alkanes of at least 4 members (excludes halogenated alkanes) is 3. The molecule has 0 rings (SSSR count). The first-order valence-electron chi connectivity index (χ1n) is 6.08. The van der Waals surface area contributed by atoms with Crippen molar-refractivity contribution in [3.8, 4) is 0 Å². The van der Waals surface area contributed by atoms with Crippen LogP contribution in [0, 0.1) is 5.92 Å². The second kappa shape index (κ2) is 10.3. The number of hydrogen-bond donors (Lipinski definition) is 0. The first-order valence-corrected chi connectivity index (χ1v) is 6.08. The first kappa shape index (κ1) is 14.8. The third-order valence-electron chi connectivity index (χ3n) is 2.28. The third-order valence-corrected chi connectivity index (χ3v) is 2.28. The van der Waals surface area contributed by atoms with E-state index in [1.807, 2.05) is 12.2 Å². The van der Waals surface area contributed by atoms with Crippen LogP contribution in [-0.4, -0.2) is 12.1 Å². The van der Waals surface area contributed by atoms with Crippen molar-refractivity contribution in [2.24, 2.45) is 5.92 Å². The largest absolute Gasteiger partial charge is 0.302 e. The number of carbonyl (C=O) groups excluding carboxylic acids is 2. The van der Waals surface area contributed by atoms with Gasteiger partial charge in [-0.15, -0.1) is 0 Å². The summed E-state index contributed by atoms with van der Waals surface area (Å²) in [5.41, 5.74) is 0. The maximum atomic E-state index is 11.5. The van der Waals surface area contributed by atoms with E-state index in [-0.39, 0.29) is 5.78 Å². The van der Waals surface area contributed by atoms with Crippen molar-refractivity contribution in [2.75, 3.05) is 0 Å². The van der Waals surface area contributed by atoms with E-state index >= 15 is 0 Å². The Morgan fingerprint density at radius 2 is 1.88 bits per heavy atom. The van der Waals surface area contributed by atoms with E-state index < -0.39 is 5.92 Å². The molecule has 0 aromatic carbocycles. The lowest BCUT2D eigenvalue weighted by atomic mass is 10.0. The van der Waals surface area contributed by atoms with Gasteiger partial charge in [0.05, 0.1) is 5.92 Å². The minimum Gasteiger partial charge on any atom is -0.302 e. The van der Waals surface area contributed by atoms with Gasteiger partial charge in [0, 0.05) is 0 Å². The molecule has 0 bridgehead atoms. The third kappa shape index (κ3) is 7.16. The molecular weight excluding hydrogens is 200 g/mol. The number of rotatable bonds is 9. The fourth-order valence-electron chi connectivity index (χ4n) is 1.25. The number of aldehydes is 1. The monoisotopic (exact) mass is 222 g/mol. The molecule has 16 heavy (non-hydrogen) atoms. The zero-order valence-corrected chi connectivity index (χ0v) is 10.3. The maximum absolute atomic E-state index is 11.5. The van der Waals surface area contributed by atoms with Crippen LogP contribution in [0.2, 0.25) is 0 Å². The minimum atomic E-state index is -0.593. The van der Waals surface area contributed by atoms with Crippen molar-refractivity contribution in [2.45, 2.75) is 46.0 Å². The summed E-state index contributed by atoms with van der Waals surface area (Å²) >= 11 is 0. The summed E-state index contributed by atoms with van der Waals surface area (Å²) in [6, 6.07) is 0. The van der Waals surface area contributed by atoms with Crippen molar-refractivity contribution < 1.29 is 9.59 Å². The van der Waals surface area contributed by atoms with Crippen LogP contribution in [-0.2, 0) is 9.59 Å². The van der Waals surface area contributed by atoms with Crippen LogP contribution in [0.3, 0.4) is 0 Å². The van der Waals surface area contributed by atoms with E-state index in [2.05, 4.69) is 13.8 Å². The van der Waals surface area contributed by atoms with Gasteiger partial charge in [-0.05, 0) is 18.9 Å². The summed E-state index contributed by atoms with van der Waals surface area (Å²) in [6.07, 6.45) is 12.8. The highest BCUT2D eigenvalue weighted by atomic mass is 16.1. The van der Waals surface area contributed by atoms with Crippen LogP contribution in [0.1, 0.15) is 46.0 Å². The fourth-order valence-corrected chi connectivity index (χ4v) is 1.25. The molecule has 0 spiro atoms. The predicted molar refractivity (Wildman–Crippen MR) is 67.3 cm³/mol. The first-order chi connectivity index (χ1) is 7.76. The van der Waals surface area contributed by atoms with E-state index in [1.54, 1.807) is 6.08 Å². The van der Waals surface area contributed by atoms with E-state index in [9.17, 15) is 9.59 Å². The number of hydrogen-bond acceptors (Lipinski definition) is 2. The Balaban J connectivity index is 4.11. The van der Waals surface area contributed by atoms with E-state index in [0.717, 1.165) is 32.1 Å². The molecule has 90 valence electrons. The number of ketones is 1. The second-order valence-corrected chi connectivity index (χ2v) is 3.83. The molecule has 0 aliphatic rings. The predicted octanol–water partition coefficient (Wildman–Crippen LogP) is 3.47. The Morgan fingerprint density at radius 1 is 1.12 bits per heavy atom. The Bertz CT molecular complexity index is 251. The summed E-state index contributed by atoms with van der Waals surface area (Å²) in [4.78, 5) is 22.3. The van der Waals surface area contributed by atoms with Crippen LogP contribution in [0.15, 0.2) is 24.3 Å². The van der Waals surface area contributed by atoms with Gasteiger partial charge in [0.1, 0.15) is 6.29 Å². The van der Waals surface area contributed by atoms with Gasteiger partial charge in [-0.1, -0.05) is 51.3 Å². The van der Waals surface area contributed by atoms with Gasteiger partial charge in [-0.3, -0.25) is 4.79 Å². The SMILES string of the molecule is CCCC=CC(=O)C(C=O)C=CCCCC. The minimum absolute atomic E-state index is 0.115. The molecule has 0 aliphatic heterocycles. The van der Waals surface area contributed by atoms with Gasteiger partial charge in [0.25, 0.3) is 0 Å². The van der Waals surface area contributed by atoms with Crippen LogP contribution >= 0.6 is 0 Å². The lowest BCUT2D eigenvalue weighted by Gasteiger charge is -1.99. The molecule has 0 N–H and O–H groups in total. The average Bonchev–Trinajstić information content (AvgIpc) is 2.29. The van der Waals surface area contributed by atoms with Gasteiger partial charge in [-0.25, -0.2) is 0 Å². The molecule has 0 saturated carbocycles. The number of allylic oxidation sites excluding steroid dienone is 4. The Labute approximate surface area is 98.4 Å². The van der Waals surface area contributed by atoms with Gasteiger partial charge in [0.2, 0.25) is 0 Å². The Morgan fingerprint density at radius 3 is 2.44 bits per heavy atom. The van der Waals surface area contributed by atoms with E-state index in [4.69, 9.17) is 0 Å². The topological polar surface area (TPSA) is 34.1 Å². The van der Waals surface area contributed by atoms with Crippen molar-refractivity contribution in [1.82, 2.24) is 0 Å². The molecule has 1 atom stereocenters. The zero-order valence-electron chi connectivity index (χ0n) is 10.3. The van der Waals surface area contributed by atoms with Crippen molar-refractivity contribution in [3.63, 3.8) is 0 Å². The van der Waals surface area contributed by atoms with E-state index in [0.29, 0.717) is 6.29 Å². The fraction of sp³-hybridized carbons (Fsp3) is 0.571. The van der Waals surface area contributed by atoms with Crippen LogP contribution < -0.4 is 0 Å².